The van der Waals surface area contributed by atoms with Gasteiger partial charge in [0, 0.05) is 5.41 Å². The van der Waals surface area contributed by atoms with Crippen LogP contribution in [0.5, 0.6) is 0 Å². The van der Waals surface area contributed by atoms with E-state index in [0.717, 1.165) is 11.1 Å². The minimum Gasteiger partial charge on any atom is -0.481 e. The van der Waals surface area contributed by atoms with E-state index in [0.29, 0.717) is 19.3 Å². The molecule has 5 heteroatoms. The van der Waals surface area contributed by atoms with Gasteiger partial charge in [-0.3, -0.25) is 9.59 Å². The summed E-state index contributed by atoms with van der Waals surface area (Å²) in [5.41, 5.74) is 5.82. The zero-order valence-corrected chi connectivity index (χ0v) is 14.7. The van der Waals surface area contributed by atoms with Gasteiger partial charge in [-0.1, -0.05) is 36.8 Å². The highest BCUT2D eigenvalue weighted by atomic mass is 16.4. The van der Waals surface area contributed by atoms with Crippen molar-refractivity contribution in [3.63, 3.8) is 0 Å². The lowest BCUT2D eigenvalue weighted by Gasteiger charge is -2.37. The summed E-state index contributed by atoms with van der Waals surface area (Å²) in [6, 6.07) is 10.3. The number of carboxylic acids is 1. The van der Waals surface area contributed by atoms with Gasteiger partial charge in [-0.25, -0.2) is 0 Å². The van der Waals surface area contributed by atoms with Crippen LogP contribution in [0.15, 0.2) is 24.3 Å². The van der Waals surface area contributed by atoms with Gasteiger partial charge in [-0.2, -0.15) is 5.26 Å². The number of ketones is 1. The molecule has 2 saturated carbocycles. The third kappa shape index (κ3) is 2.17. The summed E-state index contributed by atoms with van der Waals surface area (Å²) in [4.78, 5) is 24.6. The van der Waals surface area contributed by atoms with Crippen LogP contribution in [-0.4, -0.2) is 23.4 Å². The van der Waals surface area contributed by atoms with Gasteiger partial charge < -0.3 is 10.8 Å². The second-order valence-electron chi connectivity index (χ2n) is 7.49. The fraction of sp³-hybridized carbons (Fsp3) is 0.550. The van der Waals surface area contributed by atoms with Gasteiger partial charge in [-0.05, 0) is 43.6 Å². The number of benzene rings is 1. The fourth-order valence-corrected chi connectivity index (χ4v) is 5.57. The van der Waals surface area contributed by atoms with Crippen molar-refractivity contribution >= 4 is 11.8 Å². The third-order valence-corrected chi connectivity index (χ3v) is 6.65. The van der Waals surface area contributed by atoms with Crippen LogP contribution in [0.1, 0.15) is 30.9 Å². The Labute approximate surface area is 147 Å². The van der Waals surface area contributed by atoms with Crippen molar-refractivity contribution in [1.82, 2.24) is 0 Å². The zero-order valence-electron chi connectivity index (χ0n) is 14.7. The number of aliphatic carboxylic acids is 1. The van der Waals surface area contributed by atoms with E-state index in [1.54, 1.807) is 0 Å². The first-order valence-electron chi connectivity index (χ1n) is 8.82. The van der Waals surface area contributed by atoms with E-state index in [4.69, 9.17) is 5.73 Å². The molecule has 1 aromatic carbocycles. The number of carbonyl (C=O) groups is 2. The van der Waals surface area contributed by atoms with Crippen molar-refractivity contribution in [2.24, 2.45) is 34.3 Å². The van der Waals surface area contributed by atoms with E-state index in [2.05, 4.69) is 6.07 Å². The Morgan fingerprint density at radius 3 is 2.48 bits per heavy atom. The number of fused-ring (bicyclic) bond motifs is 1. The van der Waals surface area contributed by atoms with E-state index < -0.39 is 22.7 Å². The molecule has 0 radical (unpaired) electrons. The highest BCUT2D eigenvalue weighted by molar-refractivity contribution is 5.94. The number of nitrogens with zero attached hydrogens (tertiary/aromatic N) is 1. The van der Waals surface area contributed by atoms with Crippen LogP contribution in [0.3, 0.4) is 0 Å². The molecule has 0 spiro atoms. The Balaban J connectivity index is 2.03. The number of hydrogen-bond acceptors (Lipinski definition) is 4. The molecule has 5 nitrogen and oxygen atoms in total. The van der Waals surface area contributed by atoms with Gasteiger partial charge in [0.25, 0.3) is 0 Å². The first kappa shape index (κ1) is 17.6. The summed E-state index contributed by atoms with van der Waals surface area (Å²) >= 11 is 0. The molecular formula is C20H24N2O3. The Morgan fingerprint density at radius 2 is 2.00 bits per heavy atom. The van der Waals surface area contributed by atoms with Gasteiger partial charge in [0.05, 0.1) is 18.5 Å². The molecule has 1 aromatic rings. The molecule has 2 fully saturated rings. The maximum Gasteiger partial charge on any atom is 0.307 e. The third-order valence-electron chi connectivity index (χ3n) is 6.65. The maximum absolute atomic E-state index is 12.9. The van der Waals surface area contributed by atoms with Crippen molar-refractivity contribution in [2.75, 3.05) is 6.54 Å². The number of carbonyl (C=O) groups excluding carboxylic acids is 1. The molecule has 0 heterocycles. The molecule has 0 bridgehead atoms. The lowest BCUT2D eigenvalue weighted by molar-refractivity contribution is -0.142. The fourth-order valence-electron chi connectivity index (χ4n) is 5.57. The average molecular weight is 340 g/mol. The van der Waals surface area contributed by atoms with Crippen LogP contribution in [0, 0.1) is 46.8 Å². The van der Waals surface area contributed by atoms with Crippen molar-refractivity contribution < 1.29 is 14.7 Å². The number of hydrogen-bond donors (Lipinski definition) is 2. The smallest absolute Gasteiger partial charge is 0.307 e. The zero-order chi connectivity index (χ0) is 18.4. The summed E-state index contributed by atoms with van der Waals surface area (Å²) in [6.45, 7) is 3.68. The Hall–Kier alpha value is -2.19. The molecule has 2 aliphatic carbocycles. The second-order valence-corrected chi connectivity index (χ2v) is 7.49. The van der Waals surface area contributed by atoms with Crippen LogP contribution >= 0.6 is 0 Å². The minimum atomic E-state index is -1.30. The highest BCUT2D eigenvalue weighted by Crippen LogP contribution is 2.79. The lowest BCUT2D eigenvalue weighted by Crippen LogP contribution is -2.48. The van der Waals surface area contributed by atoms with Crippen LogP contribution in [0.25, 0.3) is 0 Å². The molecule has 5 atom stereocenters. The molecule has 132 valence electrons. The SMILES string of the molecule is CCC12C(CC(Cc3ccc(C)cc3)C1(C#N)C(=O)CN)C2C(=O)O. The molecule has 0 saturated heterocycles. The monoisotopic (exact) mass is 340 g/mol. The largest absolute Gasteiger partial charge is 0.481 e. The topological polar surface area (TPSA) is 104 Å². The van der Waals surface area contributed by atoms with Crippen molar-refractivity contribution in [3.8, 4) is 6.07 Å². The second kappa shape index (κ2) is 5.96. The Bertz CT molecular complexity index is 751. The molecule has 0 amide bonds. The molecule has 3 N–H and O–H groups in total. The first-order chi connectivity index (χ1) is 11.9. The van der Waals surface area contributed by atoms with Crippen molar-refractivity contribution in [1.29, 1.82) is 5.26 Å². The summed E-state index contributed by atoms with van der Waals surface area (Å²) < 4.78 is 0. The quantitative estimate of drug-likeness (QED) is 0.827. The van der Waals surface area contributed by atoms with Crippen molar-refractivity contribution in [3.05, 3.63) is 35.4 Å². The van der Waals surface area contributed by atoms with Gasteiger partial charge in [0.1, 0.15) is 5.41 Å². The normalized spacial score (nSPS) is 35.7. The van der Waals surface area contributed by atoms with Gasteiger partial charge in [-0.15, -0.1) is 0 Å². The molecule has 0 aliphatic heterocycles. The van der Waals surface area contributed by atoms with E-state index in [1.807, 2.05) is 38.1 Å². The molecule has 0 aromatic heterocycles. The molecule has 25 heavy (non-hydrogen) atoms. The number of Topliss-reactive ketones (excluding diaryl/α,β-unsaturated/α-hetero) is 1. The summed E-state index contributed by atoms with van der Waals surface area (Å²) in [7, 11) is 0. The number of nitriles is 1. The molecular weight excluding hydrogens is 316 g/mol. The van der Waals surface area contributed by atoms with Gasteiger partial charge in [0.2, 0.25) is 0 Å². The summed E-state index contributed by atoms with van der Waals surface area (Å²) in [5, 5.41) is 19.7. The van der Waals surface area contributed by atoms with Gasteiger partial charge >= 0.3 is 5.97 Å². The first-order valence-corrected chi connectivity index (χ1v) is 8.82. The van der Waals surface area contributed by atoms with Crippen LogP contribution < -0.4 is 5.73 Å². The van der Waals surface area contributed by atoms with Crippen LogP contribution in [0.2, 0.25) is 0 Å². The van der Waals surface area contributed by atoms with E-state index in [9.17, 15) is 20.0 Å². The van der Waals surface area contributed by atoms with Crippen LogP contribution in [0.4, 0.5) is 0 Å². The summed E-state index contributed by atoms with van der Waals surface area (Å²) in [6.07, 6.45) is 1.71. The number of nitrogens with two attached hydrogens (primary N) is 1. The number of carboxylic acid groups (broad SMARTS) is 1. The molecule has 2 aliphatic rings. The molecule has 5 unspecified atom stereocenters. The Morgan fingerprint density at radius 1 is 1.36 bits per heavy atom. The van der Waals surface area contributed by atoms with Crippen LogP contribution in [-0.2, 0) is 16.0 Å². The highest BCUT2D eigenvalue weighted by Gasteiger charge is 2.83. The molecule has 3 rings (SSSR count). The van der Waals surface area contributed by atoms with E-state index in [1.165, 1.54) is 0 Å². The maximum atomic E-state index is 12.9. The number of aryl methyl sites for hydroxylation is 1. The summed E-state index contributed by atoms with van der Waals surface area (Å²) in [5.74, 6) is -2.11. The average Bonchev–Trinajstić information content (AvgIpc) is 3.18. The minimum absolute atomic E-state index is 0.111. The lowest BCUT2D eigenvalue weighted by atomic mass is 9.61. The van der Waals surface area contributed by atoms with E-state index >= 15 is 0 Å². The predicted octanol–water partition coefficient (Wildman–Crippen LogP) is 2.32. The van der Waals surface area contributed by atoms with Crippen molar-refractivity contribution in [2.45, 2.75) is 33.1 Å². The van der Waals surface area contributed by atoms with Gasteiger partial charge in [0.15, 0.2) is 5.78 Å². The Kier molecular flexibility index (Phi) is 4.20. The standard InChI is InChI=1S/C20H24N2O3/c1-3-19-15(17(19)18(24)25)9-14(20(19,11-22)16(23)10-21)8-13-6-4-12(2)5-7-13/h4-7,14-15,17H,3,8-10,21H2,1-2H3,(H,24,25). The number of rotatable bonds is 6. The van der Waals surface area contributed by atoms with E-state index in [-0.39, 0.29) is 24.2 Å². The predicted molar refractivity (Wildman–Crippen MR) is 92.4 cm³/mol.